The number of aryl methyl sites for hydroxylation is 2. The summed E-state index contributed by atoms with van der Waals surface area (Å²) in [5.41, 5.74) is 0.816. The quantitative estimate of drug-likeness (QED) is 0.0480. The number of alkyl halides is 4. The molecule has 5 aliphatic carbocycles. The first-order valence-electron chi connectivity index (χ1n) is 26.1. The van der Waals surface area contributed by atoms with Crippen molar-refractivity contribution in [1.82, 2.24) is 0 Å². The van der Waals surface area contributed by atoms with Crippen LogP contribution in [0.5, 0.6) is 5.75 Å². The zero-order valence-corrected chi connectivity index (χ0v) is 44.7. The van der Waals surface area contributed by atoms with Crippen molar-refractivity contribution in [3.05, 3.63) is 71.8 Å². The molecular formula is C57H68F4O11S2. The molecule has 5 saturated carbocycles. The molecular weight excluding hydrogens is 1000 g/mol. The second-order valence-electron chi connectivity index (χ2n) is 22.3. The van der Waals surface area contributed by atoms with Gasteiger partial charge in [-0.1, -0.05) is 52.0 Å². The minimum atomic E-state index is -6.62. The summed E-state index contributed by atoms with van der Waals surface area (Å²) in [6, 6.07) is 21.9. The van der Waals surface area contributed by atoms with Gasteiger partial charge >= 0.3 is 23.1 Å². The molecule has 17 heteroatoms. The summed E-state index contributed by atoms with van der Waals surface area (Å²) in [4.78, 5) is 65.4. The number of benzene rings is 3. The van der Waals surface area contributed by atoms with Gasteiger partial charge < -0.3 is 18.8 Å². The second kappa shape index (κ2) is 21.0. The van der Waals surface area contributed by atoms with Gasteiger partial charge in [0.15, 0.2) is 31.0 Å². The number of thiophene rings is 1. The molecule has 0 spiro atoms. The molecule has 1 unspecified atom stereocenters. The molecule has 4 aromatic rings. The maximum Gasteiger partial charge on any atom is 0.396 e. The van der Waals surface area contributed by atoms with Crippen LogP contribution in [0.4, 0.5) is 17.6 Å². The lowest BCUT2D eigenvalue weighted by molar-refractivity contribution is -0.175. The third kappa shape index (κ3) is 10.2. The molecule has 5 aliphatic rings. The average Bonchev–Trinajstić information content (AvgIpc) is 4.06. The number of fused-ring (bicyclic) bond motifs is 8. The van der Waals surface area contributed by atoms with E-state index in [1.54, 1.807) is 0 Å². The van der Waals surface area contributed by atoms with Crippen LogP contribution in [0.25, 0.3) is 25.1 Å². The normalized spacial score (nSPS) is 27.2. The SMILES string of the molecule is CCC1(OC(=O)COc2c(C)cc(-[s+]3c4ccccc4c4ccccc43)cc2C)CCCC1.C[C@H](CCC(=O)OCCC(F)(F)C(F)(F)S(=O)(=O)[O-])[C@H]1CC[C@H]2[C@@H]3C(=O)CC4CC(=O)CC[C@]4(C)[C@H]3CC(=O)[C@]12C. The van der Waals surface area contributed by atoms with Crippen molar-refractivity contribution >= 4 is 70.0 Å². The van der Waals surface area contributed by atoms with Crippen molar-refractivity contribution < 1.29 is 68.7 Å². The summed E-state index contributed by atoms with van der Waals surface area (Å²) in [6.07, 6.45) is 6.72. The number of esters is 2. The highest BCUT2D eigenvalue weighted by atomic mass is 32.2. The van der Waals surface area contributed by atoms with E-state index in [4.69, 9.17) is 9.47 Å². The fraction of sp³-hybridized carbons (Fsp3) is 0.596. The molecule has 0 aliphatic heterocycles. The Balaban J connectivity index is 0.000000201. The molecule has 9 rings (SSSR count). The maximum atomic E-state index is 13.8. The third-order valence-electron chi connectivity index (χ3n) is 18.1. The van der Waals surface area contributed by atoms with E-state index in [9.17, 15) is 54.5 Å². The lowest BCUT2D eigenvalue weighted by atomic mass is 9.44. The van der Waals surface area contributed by atoms with Gasteiger partial charge in [-0.05, 0) is 142 Å². The summed E-state index contributed by atoms with van der Waals surface area (Å²) in [6.45, 7) is 10.9. The lowest BCUT2D eigenvalue weighted by Gasteiger charge is -2.58. The Hall–Kier alpha value is -4.74. The Morgan fingerprint density at radius 3 is 2.05 bits per heavy atom. The first kappa shape index (κ1) is 55.5. The van der Waals surface area contributed by atoms with Crippen LogP contribution < -0.4 is 4.74 Å². The number of ketones is 3. The van der Waals surface area contributed by atoms with Crippen LogP contribution in [-0.4, -0.2) is 72.3 Å². The van der Waals surface area contributed by atoms with Crippen molar-refractivity contribution in [3.8, 4) is 10.6 Å². The number of hydrogen-bond donors (Lipinski definition) is 0. The average molecular weight is 1070 g/mol. The third-order valence-corrected chi connectivity index (χ3v) is 21.4. The minimum absolute atomic E-state index is 0.0346. The molecule has 1 aromatic heterocycles. The van der Waals surface area contributed by atoms with E-state index in [0.29, 0.717) is 38.5 Å². The molecule has 0 N–H and O–H groups in total. The van der Waals surface area contributed by atoms with Crippen molar-refractivity contribution in [1.29, 1.82) is 0 Å². The minimum Gasteiger partial charge on any atom is -0.743 e. The Bertz CT molecular complexity index is 2870. The smallest absolute Gasteiger partial charge is 0.396 e. The summed E-state index contributed by atoms with van der Waals surface area (Å²) < 4.78 is 104. The highest BCUT2D eigenvalue weighted by Crippen LogP contribution is 2.66. The van der Waals surface area contributed by atoms with Gasteiger partial charge in [0.25, 0.3) is 0 Å². The van der Waals surface area contributed by atoms with Crippen LogP contribution in [0, 0.1) is 60.2 Å². The van der Waals surface area contributed by atoms with Crippen LogP contribution in [0.2, 0.25) is 0 Å². The Kier molecular flexibility index (Phi) is 15.7. The summed E-state index contributed by atoms with van der Waals surface area (Å²) in [5, 5.41) is -3.19. The van der Waals surface area contributed by atoms with Crippen LogP contribution >= 0.6 is 10.5 Å². The zero-order chi connectivity index (χ0) is 53.8. The number of ether oxygens (including phenoxy) is 3. The predicted octanol–water partition coefficient (Wildman–Crippen LogP) is 12.7. The van der Waals surface area contributed by atoms with Crippen molar-refractivity contribution in [3.63, 3.8) is 0 Å². The van der Waals surface area contributed by atoms with E-state index in [-0.39, 0.29) is 106 Å². The maximum absolute atomic E-state index is 13.8. The van der Waals surface area contributed by atoms with Gasteiger partial charge in [0.05, 0.1) is 13.0 Å². The summed E-state index contributed by atoms with van der Waals surface area (Å²) in [5.74, 6) is -6.10. The number of halogens is 4. The Morgan fingerprint density at radius 2 is 1.46 bits per heavy atom. The van der Waals surface area contributed by atoms with Gasteiger partial charge in [-0.3, -0.25) is 19.2 Å². The molecule has 8 atom stereocenters. The monoisotopic (exact) mass is 1070 g/mol. The topological polar surface area (TPSA) is 170 Å². The van der Waals surface area contributed by atoms with Crippen LogP contribution in [0.15, 0.2) is 60.7 Å². The van der Waals surface area contributed by atoms with E-state index >= 15 is 0 Å². The molecule has 5 fully saturated rings. The van der Waals surface area contributed by atoms with Crippen LogP contribution in [-0.2, 0) is 43.6 Å². The Morgan fingerprint density at radius 1 is 0.851 bits per heavy atom. The second-order valence-corrected chi connectivity index (χ2v) is 25.7. The van der Waals surface area contributed by atoms with Gasteiger partial charge in [-0.25, -0.2) is 13.2 Å². The standard InChI is InChI=1S/C29H31O3S.C28H38F4O8S/c1-4-29(15-9-10-16-29)32-27(30)19-31-28-20(2)17-22(18-21(28)3)33-25-13-7-5-11-23(25)24-12-6-8-14-26(24)33;1-15(4-7-23(36)40-11-10-27(29,30)28(31,32)41(37,38)39)18-5-6-19-24-20(14-22(35)26(18,19)3)25(2)9-8-17(33)12-16(25)13-21(24)34/h5-8,11-14,17-18H,4,9-10,15-16,19H2,1-3H3;15-16,18-20,24H,4-14H2,1-3H3,(H,37,38,39)/q+1;/p-1/t;15-,16?,18-,19+,20+,24+,25+,26-/m.1/s1. The number of carbonyl (C=O) groups is 5. The summed E-state index contributed by atoms with van der Waals surface area (Å²) in [7, 11) is -6.76. The van der Waals surface area contributed by atoms with E-state index in [1.165, 1.54) is 25.1 Å². The number of rotatable bonds is 15. The van der Waals surface area contributed by atoms with E-state index in [0.717, 1.165) is 49.0 Å². The van der Waals surface area contributed by atoms with Crippen molar-refractivity contribution in [2.45, 2.75) is 155 Å². The van der Waals surface area contributed by atoms with E-state index in [2.05, 4.69) is 93.1 Å². The first-order valence-corrected chi connectivity index (χ1v) is 28.7. The van der Waals surface area contributed by atoms with Crippen molar-refractivity contribution in [2.24, 2.45) is 46.3 Å². The number of Topliss-reactive ketones (excluding diaryl/α,β-unsaturated/α-hetero) is 3. The molecule has 402 valence electrons. The molecule has 0 amide bonds. The largest absolute Gasteiger partial charge is 0.743 e. The van der Waals surface area contributed by atoms with Gasteiger partial charge in [-0.2, -0.15) is 17.6 Å². The van der Waals surface area contributed by atoms with E-state index in [1.807, 2.05) is 13.8 Å². The van der Waals surface area contributed by atoms with Crippen LogP contribution in [0.3, 0.4) is 0 Å². The molecule has 0 saturated heterocycles. The van der Waals surface area contributed by atoms with Gasteiger partial charge in [-0.15, -0.1) is 0 Å². The molecule has 1 heterocycles. The molecule has 3 aromatic carbocycles. The highest BCUT2D eigenvalue weighted by molar-refractivity contribution is 7.86. The fourth-order valence-corrected chi connectivity index (χ4v) is 17.0. The highest BCUT2D eigenvalue weighted by Gasteiger charge is 2.66. The van der Waals surface area contributed by atoms with Crippen molar-refractivity contribution in [2.75, 3.05) is 13.2 Å². The van der Waals surface area contributed by atoms with E-state index < -0.39 is 45.7 Å². The van der Waals surface area contributed by atoms with Gasteiger partial charge in [0.2, 0.25) is 0 Å². The number of carbonyl (C=O) groups excluding carboxylic acids is 5. The zero-order valence-electron chi connectivity index (χ0n) is 43.1. The van der Waals surface area contributed by atoms with Crippen LogP contribution in [0.1, 0.15) is 135 Å². The Labute approximate surface area is 433 Å². The molecule has 0 bridgehead atoms. The fourth-order valence-electron chi connectivity index (χ4n) is 13.9. The molecule has 0 radical (unpaired) electrons. The summed E-state index contributed by atoms with van der Waals surface area (Å²) >= 11 is 0. The molecule has 74 heavy (non-hydrogen) atoms. The van der Waals surface area contributed by atoms with Gasteiger partial charge in [0, 0.05) is 76.8 Å². The predicted molar refractivity (Wildman–Crippen MR) is 272 cm³/mol. The lowest BCUT2D eigenvalue weighted by Crippen LogP contribution is -2.60. The first-order chi connectivity index (χ1) is 34.8. The van der Waals surface area contributed by atoms with Gasteiger partial charge in [0.1, 0.15) is 28.7 Å². The number of hydrogen-bond acceptors (Lipinski definition) is 11. The molecule has 11 nitrogen and oxygen atoms in total.